The van der Waals surface area contributed by atoms with Crippen molar-refractivity contribution >= 4 is 23.2 Å². The second kappa shape index (κ2) is 8.53. The number of pyridine rings is 1. The lowest BCUT2D eigenvalue weighted by molar-refractivity contribution is 0.0949. The average Bonchev–Trinajstić information content (AvgIpc) is 2.58. The van der Waals surface area contributed by atoms with E-state index in [9.17, 15) is 4.79 Å². The number of nitrogens with zero attached hydrogens (tertiary/aromatic N) is 2. The first-order valence-electron chi connectivity index (χ1n) is 7.87. The maximum atomic E-state index is 12.2. The molecule has 2 aromatic rings. The maximum Gasteiger partial charge on any atom is 0.269 e. The fourth-order valence-corrected chi connectivity index (χ4v) is 2.52. The van der Waals surface area contributed by atoms with Crippen molar-refractivity contribution in [3.8, 4) is 0 Å². The number of aromatic nitrogens is 1. The van der Waals surface area contributed by atoms with Crippen molar-refractivity contribution in [1.82, 2.24) is 10.3 Å². The maximum absolute atomic E-state index is 12.2. The van der Waals surface area contributed by atoms with Gasteiger partial charge in [0.2, 0.25) is 0 Å². The van der Waals surface area contributed by atoms with E-state index in [2.05, 4.69) is 29.0 Å². The molecule has 1 N–H and O–H groups in total. The van der Waals surface area contributed by atoms with Gasteiger partial charge < -0.3 is 10.2 Å². The van der Waals surface area contributed by atoms with E-state index in [1.807, 2.05) is 36.4 Å². The van der Waals surface area contributed by atoms with Crippen molar-refractivity contribution in [2.45, 2.75) is 20.3 Å². The number of halogens is 1. The molecule has 0 aliphatic heterocycles. The highest BCUT2D eigenvalue weighted by molar-refractivity contribution is 6.30. The topological polar surface area (TPSA) is 45.2 Å². The molecule has 1 heterocycles. The lowest BCUT2D eigenvalue weighted by atomic mass is 10.1. The fraction of sp³-hybridized carbons (Fsp3) is 0.333. The predicted molar refractivity (Wildman–Crippen MR) is 95.3 cm³/mol. The molecule has 0 saturated heterocycles. The highest BCUT2D eigenvalue weighted by Crippen LogP contribution is 2.14. The van der Waals surface area contributed by atoms with Crippen LogP contribution >= 0.6 is 11.6 Å². The summed E-state index contributed by atoms with van der Waals surface area (Å²) in [6, 6.07) is 11.4. The molecular weight excluding hydrogens is 310 g/mol. The van der Waals surface area contributed by atoms with Crippen LogP contribution < -0.4 is 10.2 Å². The fourth-order valence-electron chi connectivity index (χ4n) is 2.39. The molecule has 0 spiro atoms. The van der Waals surface area contributed by atoms with Gasteiger partial charge in [0.25, 0.3) is 5.91 Å². The third-order valence-electron chi connectivity index (χ3n) is 3.72. The molecule has 122 valence electrons. The van der Waals surface area contributed by atoms with Crippen molar-refractivity contribution < 1.29 is 4.79 Å². The van der Waals surface area contributed by atoms with Gasteiger partial charge in [0.05, 0.1) is 0 Å². The highest BCUT2D eigenvalue weighted by atomic mass is 35.5. The van der Waals surface area contributed by atoms with E-state index >= 15 is 0 Å². The number of hydrogen-bond donors (Lipinski definition) is 1. The van der Waals surface area contributed by atoms with E-state index in [0.717, 1.165) is 35.8 Å². The number of anilines is 1. The number of nitrogens with one attached hydrogen (secondary N) is 1. The lowest BCUT2D eigenvalue weighted by Gasteiger charge is -2.21. The van der Waals surface area contributed by atoms with Crippen LogP contribution in [0.2, 0.25) is 5.02 Å². The largest absolute Gasteiger partial charge is 0.372 e. The molecule has 0 bridgehead atoms. The van der Waals surface area contributed by atoms with E-state index < -0.39 is 0 Å². The molecule has 0 unspecified atom stereocenters. The summed E-state index contributed by atoms with van der Waals surface area (Å²) in [7, 11) is 0. The minimum atomic E-state index is -0.145. The third kappa shape index (κ3) is 4.96. The summed E-state index contributed by atoms with van der Waals surface area (Å²) in [5, 5.41) is 3.63. The van der Waals surface area contributed by atoms with Gasteiger partial charge in [-0.2, -0.15) is 0 Å². The summed E-state index contributed by atoms with van der Waals surface area (Å²) in [6.07, 6.45) is 2.44. The number of rotatable bonds is 7. The molecule has 1 aromatic carbocycles. The Morgan fingerprint density at radius 3 is 2.52 bits per heavy atom. The summed E-state index contributed by atoms with van der Waals surface area (Å²) in [4.78, 5) is 18.6. The van der Waals surface area contributed by atoms with Crippen LogP contribution in [0.15, 0.2) is 42.6 Å². The second-order valence-electron chi connectivity index (χ2n) is 5.20. The second-order valence-corrected chi connectivity index (χ2v) is 5.64. The summed E-state index contributed by atoms with van der Waals surface area (Å²) in [5.74, 6) is -0.145. The van der Waals surface area contributed by atoms with Gasteiger partial charge in [-0.05, 0) is 50.1 Å². The number of amides is 1. The van der Waals surface area contributed by atoms with Crippen LogP contribution in [0, 0.1) is 0 Å². The Morgan fingerprint density at radius 2 is 1.87 bits per heavy atom. The summed E-state index contributed by atoms with van der Waals surface area (Å²) < 4.78 is 0. The highest BCUT2D eigenvalue weighted by Gasteiger charge is 2.09. The monoisotopic (exact) mass is 331 g/mol. The zero-order valence-corrected chi connectivity index (χ0v) is 14.3. The van der Waals surface area contributed by atoms with E-state index in [1.165, 1.54) is 0 Å². The Kier molecular flexibility index (Phi) is 6.41. The van der Waals surface area contributed by atoms with Gasteiger partial charge in [-0.1, -0.05) is 23.7 Å². The molecule has 23 heavy (non-hydrogen) atoms. The molecule has 0 fully saturated rings. The van der Waals surface area contributed by atoms with Gasteiger partial charge in [0.15, 0.2) is 0 Å². The standard InChI is InChI=1S/C18H22ClN3O/c1-3-22(4-2)16-10-12-20-17(13-16)18(23)21-11-9-14-5-7-15(19)8-6-14/h5-8,10,12-13H,3-4,9,11H2,1-2H3,(H,21,23). The molecule has 0 aliphatic rings. The Labute approximate surface area is 142 Å². The van der Waals surface area contributed by atoms with Crippen LogP contribution in [0.25, 0.3) is 0 Å². The zero-order chi connectivity index (χ0) is 16.7. The predicted octanol–water partition coefficient (Wildman–Crippen LogP) is 3.55. The first kappa shape index (κ1) is 17.3. The van der Waals surface area contributed by atoms with Crippen molar-refractivity contribution in [2.24, 2.45) is 0 Å². The summed E-state index contributed by atoms with van der Waals surface area (Å²) in [6.45, 7) is 6.56. The Balaban J connectivity index is 1.92. The molecular formula is C18H22ClN3O. The summed E-state index contributed by atoms with van der Waals surface area (Å²) >= 11 is 5.86. The van der Waals surface area contributed by atoms with Crippen LogP contribution in [0.3, 0.4) is 0 Å². The third-order valence-corrected chi connectivity index (χ3v) is 3.97. The van der Waals surface area contributed by atoms with Crippen LogP contribution in [-0.4, -0.2) is 30.5 Å². The number of hydrogen-bond acceptors (Lipinski definition) is 3. The molecule has 1 aromatic heterocycles. The molecule has 0 radical (unpaired) electrons. The van der Waals surface area contributed by atoms with Crippen molar-refractivity contribution in [3.05, 3.63) is 58.9 Å². The van der Waals surface area contributed by atoms with E-state index in [-0.39, 0.29) is 5.91 Å². The van der Waals surface area contributed by atoms with Crippen molar-refractivity contribution in [3.63, 3.8) is 0 Å². The molecule has 2 rings (SSSR count). The SMILES string of the molecule is CCN(CC)c1ccnc(C(=O)NCCc2ccc(Cl)cc2)c1. The molecule has 0 saturated carbocycles. The van der Waals surface area contributed by atoms with Gasteiger partial charge >= 0.3 is 0 Å². The normalized spacial score (nSPS) is 10.4. The van der Waals surface area contributed by atoms with Crippen LogP contribution in [0.5, 0.6) is 0 Å². The van der Waals surface area contributed by atoms with Gasteiger partial charge in [0.1, 0.15) is 5.69 Å². The summed E-state index contributed by atoms with van der Waals surface area (Å²) in [5.41, 5.74) is 2.61. The molecule has 4 nitrogen and oxygen atoms in total. The molecule has 5 heteroatoms. The number of carbonyl (C=O) groups excluding carboxylic acids is 1. The molecule has 1 amide bonds. The van der Waals surface area contributed by atoms with E-state index in [1.54, 1.807) is 6.20 Å². The number of benzene rings is 1. The van der Waals surface area contributed by atoms with Crippen molar-refractivity contribution in [1.29, 1.82) is 0 Å². The quantitative estimate of drug-likeness (QED) is 0.843. The smallest absolute Gasteiger partial charge is 0.269 e. The van der Waals surface area contributed by atoms with Crippen LogP contribution in [-0.2, 0) is 6.42 Å². The minimum absolute atomic E-state index is 0.145. The minimum Gasteiger partial charge on any atom is -0.372 e. The Bertz CT molecular complexity index is 639. The lowest BCUT2D eigenvalue weighted by Crippen LogP contribution is -2.27. The van der Waals surface area contributed by atoms with Crippen LogP contribution in [0.1, 0.15) is 29.9 Å². The van der Waals surface area contributed by atoms with Crippen LogP contribution in [0.4, 0.5) is 5.69 Å². The molecule has 0 atom stereocenters. The first-order valence-corrected chi connectivity index (χ1v) is 8.25. The van der Waals surface area contributed by atoms with Gasteiger partial charge in [-0.3, -0.25) is 9.78 Å². The molecule has 0 aliphatic carbocycles. The number of carbonyl (C=O) groups is 1. The average molecular weight is 332 g/mol. The Hall–Kier alpha value is -2.07. The zero-order valence-electron chi connectivity index (χ0n) is 13.6. The van der Waals surface area contributed by atoms with E-state index in [0.29, 0.717) is 12.2 Å². The van der Waals surface area contributed by atoms with Gasteiger partial charge in [-0.25, -0.2) is 0 Å². The first-order chi connectivity index (χ1) is 11.1. The van der Waals surface area contributed by atoms with E-state index in [4.69, 9.17) is 11.6 Å². The Morgan fingerprint density at radius 1 is 1.17 bits per heavy atom. The van der Waals surface area contributed by atoms with Gasteiger partial charge in [-0.15, -0.1) is 0 Å². The van der Waals surface area contributed by atoms with Crippen molar-refractivity contribution in [2.75, 3.05) is 24.5 Å². The van der Waals surface area contributed by atoms with Gasteiger partial charge in [0, 0.05) is 36.5 Å².